The smallest absolute Gasteiger partial charge is 0.160 e. The highest BCUT2D eigenvalue weighted by atomic mass is 32.1. The van der Waals surface area contributed by atoms with Crippen molar-refractivity contribution in [3.05, 3.63) is 388 Å². The van der Waals surface area contributed by atoms with E-state index in [9.17, 15) is 5.26 Å². The summed E-state index contributed by atoms with van der Waals surface area (Å²) in [4.78, 5) is 10.0. The Morgan fingerprint density at radius 3 is 0.970 bits per heavy atom. The Morgan fingerprint density at radius 2 is 0.505 bits per heavy atom. The van der Waals surface area contributed by atoms with E-state index in [0.717, 1.165) is 84.0 Å². The molecule has 17 rings (SSSR count). The number of nitrogens with zero attached hydrogens (tertiary/aromatic N) is 3. The molecule has 4 heteroatoms. The molecule has 0 spiro atoms. The van der Waals surface area contributed by atoms with Crippen LogP contribution in [0.25, 0.3) is 165 Å². The summed E-state index contributed by atoms with van der Waals surface area (Å²) in [5, 5.41) is 12.6. The molecule has 0 bridgehead atoms. The first-order chi connectivity index (χ1) is 49.0. The summed E-state index contributed by atoms with van der Waals surface area (Å²) in [6, 6.07) is 137. The van der Waals surface area contributed by atoms with Gasteiger partial charge in [-0.2, -0.15) is 5.26 Å². The van der Waals surface area contributed by atoms with E-state index in [0.29, 0.717) is 5.56 Å². The summed E-state index contributed by atoms with van der Waals surface area (Å²) in [7, 11) is 0. The van der Waals surface area contributed by atoms with E-state index in [1.54, 1.807) is 0 Å². The normalized spacial score (nSPS) is 11.0. The fraction of sp³-hybridized carbons (Fsp3) is 0. The monoisotopic (exact) mass is 1280 g/mol. The van der Waals surface area contributed by atoms with Crippen molar-refractivity contribution in [2.45, 2.75) is 0 Å². The fourth-order valence-corrected chi connectivity index (χ4v) is 14.5. The second-order valence-electron chi connectivity index (χ2n) is 24.8. The average molecular weight is 1280 g/mol. The maximum atomic E-state index is 9.97. The number of benzene rings is 15. The highest BCUT2D eigenvalue weighted by molar-refractivity contribution is 7.26. The quantitative estimate of drug-likeness (QED) is 0.116. The van der Waals surface area contributed by atoms with Gasteiger partial charge < -0.3 is 0 Å². The van der Waals surface area contributed by atoms with Gasteiger partial charge in [0.25, 0.3) is 0 Å². The second-order valence-corrected chi connectivity index (χ2v) is 25.8. The predicted octanol–water partition coefficient (Wildman–Crippen LogP) is 26.1. The van der Waals surface area contributed by atoms with Crippen molar-refractivity contribution in [1.82, 2.24) is 9.97 Å². The third-order valence-electron chi connectivity index (χ3n) is 18.4. The summed E-state index contributed by atoms with van der Waals surface area (Å²) in [5.74, 6) is 0.720. The Balaban J connectivity index is 0.000000154. The van der Waals surface area contributed by atoms with Gasteiger partial charge in [0, 0.05) is 36.9 Å². The molecule has 2 aromatic heterocycles. The van der Waals surface area contributed by atoms with E-state index in [1.807, 2.05) is 72.0 Å². The summed E-state index contributed by atoms with van der Waals surface area (Å²) in [6.45, 7) is 0. The SMILES string of the molecule is N#Cc1cc(-c2ccc(-c3cccc(-c4ccc(-c5ccccc5)cc4)c3)cc2)cc(-c2cccc(-c3ccc(-c4ccccc4)cc3)c2)c1.c1ccc(-c2cc(-c3cccc(-c4ccc(-c5cccc(-c6cccc7c6sc6ccccc67)c5)cc4)c3)nc(-c3ccccc3)n2)cc1. The molecule has 17 aromatic rings. The van der Waals surface area contributed by atoms with E-state index in [4.69, 9.17) is 9.97 Å². The van der Waals surface area contributed by atoms with Gasteiger partial charge in [0.2, 0.25) is 0 Å². The molecule has 0 saturated heterocycles. The van der Waals surface area contributed by atoms with Crippen molar-refractivity contribution in [2.75, 3.05) is 0 Å². The molecule has 0 aliphatic carbocycles. The van der Waals surface area contributed by atoms with Gasteiger partial charge in [-0.1, -0.05) is 328 Å². The van der Waals surface area contributed by atoms with Crippen molar-refractivity contribution in [3.8, 4) is 151 Å². The maximum Gasteiger partial charge on any atom is 0.160 e. The topological polar surface area (TPSA) is 49.6 Å². The van der Waals surface area contributed by atoms with Crippen LogP contribution < -0.4 is 0 Å². The van der Waals surface area contributed by atoms with E-state index in [1.165, 1.54) is 81.4 Å². The summed E-state index contributed by atoms with van der Waals surface area (Å²) >= 11 is 1.87. The van der Waals surface area contributed by atoms with E-state index >= 15 is 0 Å². The van der Waals surface area contributed by atoms with Crippen LogP contribution in [-0.4, -0.2) is 9.97 Å². The molecular weight excluding hydrogens is 1220 g/mol. The number of nitriles is 1. The van der Waals surface area contributed by atoms with Crippen LogP contribution >= 0.6 is 11.3 Å². The Bertz CT molecular complexity index is 5680. The van der Waals surface area contributed by atoms with Gasteiger partial charge >= 0.3 is 0 Å². The van der Waals surface area contributed by atoms with Crippen molar-refractivity contribution in [1.29, 1.82) is 5.26 Å². The molecule has 0 atom stereocenters. The number of thiophene rings is 1. The molecule has 0 radical (unpaired) electrons. The number of hydrogen-bond acceptors (Lipinski definition) is 4. The summed E-state index contributed by atoms with van der Waals surface area (Å²) < 4.78 is 2.67. The summed E-state index contributed by atoms with van der Waals surface area (Å²) in [5.41, 5.74) is 28.9. The molecule has 0 unspecified atom stereocenters. The molecule has 0 fully saturated rings. The first kappa shape index (κ1) is 61.0. The third kappa shape index (κ3) is 13.3. The van der Waals surface area contributed by atoms with Crippen LogP contribution in [-0.2, 0) is 0 Å². The highest BCUT2D eigenvalue weighted by Gasteiger charge is 2.16. The number of hydrogen-bond donors (Lipinski definition) is 0. The molecule has 0 saturated carbocycles. The Kier molecular flexibility index (Phi) is 17.1. The molecule has 464 valence electrons. The van der Waals surface area contributed by atoms with Gasteiger partial charge in [0.05, 0.1) is 23.0 Å². The number of rotatable bonds is 13. The lowest BCUT2D eigenvalue weighted by molar-refractivity contribution is 1.18. The molecule has 2 heterocycles. The number of fused-ring (bicyclic) bond motifs is 3. The lowest BCUT2D eigenvalue weighted by Crippen LogP contribution is -1.96. The van der Waals surface area contributed by atoms with Crippen LogP contribution in [0.1, 0.15) is 5.56 Å². The standard InChI is InChI=1S/C49H33N.C46H30N2S/c50-34-35-29-48(33-49(30-35)47-16-8-15-46(32-47)41-23-19-39(20-24-41)37-11-5-2-6-12-37)43-27-25-42(26-28-43)45-14-7-13-44(31-45)40-21-17-38(18-22-40)36-9-3-1-4-10-36;1-3-12-33(13-4-1)42-30-43(48-46(47-42)34-14-5-2-6-15-34)38-19-10-17-36(29-38)32-26-24-31(25-27-32)35-16-9-18-37(28-35)39-21-11-22-41-40-20-7-8-23-44(40)49-45(39)41/h1-33H;1-30H. The first-order valence-electron chi connectivity index (χ1n) is 33.4. The molecule has 0 N–H and O–H groups in total. The lowest BCUT2D eigenvalue weighted by atomic mass is 9.93. The average Bonchev–Trinajstić information content (AvgIpc) is 1.65. The van der Waals surface area contributed by atoms with E-state index in [-0.39, 0.29) is 0 Å². The molecule has 0 aliphatic heterocycles. The second kappa shape index (κ2) is 27.8. The van der Waals surface area contributed by atoms with Gasteiger partial charge in [0.1, 0.15) is 0 Å². The maximum absolute atomic E-state index is 9.97. The lowest BCUT2D eigenvalue weighted by Gasteiger charge is -2.11. The third-order valence-corrected chi connectivity index (χ3v) is 19.7. The van der Waals surface area contributed by atoms with Gasteiger partial charge in [-0.25, -0.2) is 9.97 Å². The van der Waals surface area contributed by atoms with Crippen LogP contribution in [0.3, 0.4) is 0 Å². The van der Waals surface area contributed by atoms with Crippen LogP contribution in [0, 0.1) is 11.3 Å². The van der Waals surface area contributed by atoms with Crippen molar-refractivity contribution in [3.63, 3.8) is 0 Å². The number of aromatic nitrogens is 2. The fourth-order valence-electron chi connectivity index (χ4n) is 13.2. The molecule has 0 aliphatic rings. The Labute approximate surface area is 581 Å². The van der Waals surface area contributed by atoms with Gasteiger partial charge in [-0.05, 0) is 166 Å². The molecule has 15 aromatic carbocycles. The van der Waals surface area contributed by atoms with Crippen LogP contribution in [0.2, 0.25) is 0 Å². The van der Waals surface area contributed by atoms with E-state index in [2.05, 4.69) is 328 Å². The molecule has 0 amide bonds. The molecular formula is C95H63N3S. The van der Waals surface area contributed by atoms with Crippen LogP contribution in [0.4, 0.5) is 0 Å². The van der Waals surface area contributed by atoms with Crippen molar-refractivity contribution >= 4 is 31.5 Å². The van der Waals surface area contributed by atoms with Gasteiger partial charge in [-0.3, -0.25) is 0 Å². The zero-order valence-electron chi connectivity index (χ0n) is 54.1. The van der Waals surface area contributed by atoms with Crippen molar-refractivity contribution < 1.29 is 0 Å². The van der Waals surface area contributed by atoms with E-state index < -0.39 is 0 Å². The first-order valence-corrected chi connectivity index (χ1v) is 34.2. The van der Waals surface area contributed by atoms with Crippen LogP contribution in [0.15, 0.2) is 382 Å². The Hall–Kier alpha value is -12.9. The van der Waals surface area contributed by atoms with Gasteiger partial charge in [-0.15, -0.1) is 11.3 Å². The Morgan fingerprint density at radius 1 is 0.212 bits per heavy atom. The minimum Gasteiger partial charge on any atom is -0.228 e. The van der Waals surface area contributed by atoms with Crippen LogP contribution in [0.5, 0.6) is 0 Å². The highest BCUT2D eigenvalue weighted by Crippen LogP contribution is 2.42. The van der Waals surface area contributed by atoms with Crippen molar-refractivity contribution in [2.24, 2.45) is 0 Å². The zero-order valence-corrected chi connectivity index (χ0v) is 54.9. The molecule has 3 nitrogen and oxygen atoms in total. The zero-order chi connectivity index (χ0) is 66.3. The minimum absolute atomic E-state index is 0.644. The minimum atomic E-state index is 0.644. The largest absolute Gasteiger partial charge is 0.228 e. The summed E-state index contributed by atoms with van der Waals surface area (Å²) in [6.07, 6.45) is 0. The predicted molar refractivity (Wildman–Crippen MR) is 417 cm³/mol. The molecule has 99 heavy (non-hydrogen) atoms. The van der Waals surface area contributed by atoms with Gasteiger partial charge in [0.15, 0.2) is 5.82 Å².